The van der Waals surface area contributed by atoms with Crippen LogP contribution in [0.5, 0.6) is 0 Å². The Balaban J connectivity index is 1.77. The van der Waals surface area contributed by atoms with Crippen molar-refractivity contribution in [2.24, 2.45) is 7.05 Å². The highest BCUT2D eigenvalue weighted by Gasteiger charge is 2.43. The fraction of sp³-hybridized carbons (Fsp3) is 0.500. The van der Waals surface area contributed by atoms with E-state index in [2.05, 4.69) is 22.0 Å². The van der Waals surface area contributed by atoms with Crippen LogP contribution in [0.2, 0.25) is 0 Å². The summed E-state index contributed by atoms with van der Waals surface area (Å²) < 4.78 is 5.69. The summed E-state index contributed by atoms with van der Waals surface area (Å²) in [6, 6.07) is 2.83. The maximum atomic E-state index is 13.5. The topological polar surface area (TPSA) is 59.0 Å². The van der Waals surface area contributed by atoms with Crippen molar-refractivity contribution in [3.8, 4) is 0 Å². The number of imidazole rings is 1. The number of isothiocyanates is 1. The Hall–Kier alpha value is -2.57. The number of hydrogen-bond acceptors (Lipinski definition) is 4. The molecule has 0 N–H and O–H groups in total. The lowest BCUT2D eigenvalue weighted by molar-refractivity contribution is -0.398. The Morgan fingerprint density at radius 3 is 2.61 bits per heavy atom. The van der Waals surface area contributed by atoms with Crippen LogP contribution >= 0.6 is 12.2 Å². The molecule has 0 spiro atoms. The van der Waals surface area contributed by atoms with Gasteiger partial charge >= 0.3 is 5.82 Å². The highest BCUT2D eigenvalue weighted by molar-refractivity contribution is 7.78. The van der Waals surface area contributed by atoms with Crippen LogP contribution in [-0.2, 0) is 13.6 Å². The van der Waals surface area contributed by atoms with Crippen LogP contribution in [-0.4, -0.2) is 58.8 Å². The van der Waals surface area contributed by atoms with Gasteiger partial charge in [0.05, 0.1) is 24.3 Å². The zero-order valence-electron chi connectivity index (χ0n) is 16.3. The van der Waals surface area contributed by atoms with E-state index in [0.717, 1.165) is 53.4 Å². The van der Waals surface area contributed by atoms with Gasteiger partial charge in [0.25, 0.3) is 11.6 Å². The molecule has 2 aliphatic rings. The molecule has 144 valence electrons. The van der Waals surface area contributed by atoms with Crippen molar-refractivity contribution >= 4 is 51.2 Å². The van der Waals surface area contributed by atoms with Gasteiger partial charge in [-0.05, 0) is 43.7 Å². The quantitative estimate of drug-likeness (QED) is 0.378. The molecule has 0 bridgehead atoms. The first-order chi connectivity index (χ1) is 13.5. The minimum absolute atomic E-state index is 0.136. The molecule has 0 saturated heterocycles. The summed E-state index contributed by atoms with van der Waals surface area (Å²) in [5.74, 6) is 0.794. The number of aromatic nitrogens is 4. The summed E-state index contributed by atoms with van der Waals surface area (Å²) in [4.78, 5) is 25.0. The van der Waals surface area contributed by atoms with Gasteiger partial charge in [-0.3, -0.25) is 4.79 Å². The lowest BCUT2D eigenvalue weighted by atomic mass is 10.2. The van der Waals surface area contributed by atoms with Crippen LogP contribution in [0.15, 0.2) is 12.4 Å². The molecular formula is C20H23N6OS+. The van der Waals surface area contributed by atoms with Crippen LogP contribution in [0.1, 0.15) is 43.1 Å². The van der Waals surface area contributed by atoms with Crippen LogP contribution in [0.4, 0.5) is 5.82 Å². The first kappa shape index (κ1) is 17.5. The number of aryl methyl sites for hydroxylation is 2. The van der Waals surface area contributed by atoms with Crippen LogP contribution in [0, 0.1) is 0 Å². The largest absolute Gasteiger partial charge is 0.362 e. The molecule has 2 aliphatic carbocycles. The highest BCUT2D eigenvalue weighted by atomic mass is 32.1. The number of hydrogen-bond donors (Lipinski definition) is 0. The van der Waals surface area contributed by atoms with Gasteiger partial charge in [-0.25, -0.2) is 4.98 Å². The number of rotatable bonds is 5. The second-order valence-corrected chi connectivity index (χ2v) is 8.01. The molecule has 7 nitrogen and oxygen atoms in total. The van der Waals surface area contributed by atoms with Crippen LogP contribution < -0.4 is 0 Å². The van der Waals surface area contributed by atoms with E-state index in [4.69, 9.17) is 17.2 Å². The van der Waals surface area contributed by atoms with E-state index in [1.54, 1.807) is 10.9 Å². The lowest BCUT2D eigenvalue weighted by Crippen LogP contribution is -2.36. The van der Waals surface area contributed by atoms with Crippen molar-refractivity contribution in [2.75, 3.05) is 7.05 Å². The van der Waals surface area contributed by atoms with Crippen molar-refractivity contribution in [3.63, 3.8) is 0 Å². The molecule has 2 saturated carbocycles. The van der Waals surface area contributed by atoms with Crippen molar-refractivity contribution in [3.05, 3.63) is 18.1 Å². The molecule has 28 heavy (non-hydrogen) atoms. The standard InChI is InChI=1S/C20H23N6OS/c1-4-25-15(20(27)26(12-5-6-12)13-7-8-13)9-14-17-16(21-10-23(17)2)19(22-18(14)25)24(3)11-28/h9-10,12-13H,4-8H2,1-3H3/q+1. The van der Waals surface area contributed by atoms with E-state index in [1.165, 1.54) is 0 Å². The molecule has 0 unspecified atom stereocenters. The average molecular weight is 396 g/mol. The van der Waals surface area contributed by atoms with Crippen LogP contribution in [0.3, 0.4) is 0 Å². The normalized spacial score (nSPS) is 16.5. The van der Waals surface area contributed by atoms with Gasteiger partial charge < -0.3 is 14.0 Å². The van der Waals surface area contributed by atoms with Crippen LogP contribution in [0.25, 0.3) is 22.1 Å². The van der Waals surface area contributed by atoms with Gasteiger partial charge in [-0.2, -0.15) is 4.58 Å². The number of carbonyl (C=O) groups excluding carboxylic acids is 1. The van der Waals surface area contributed by atoms with E-state index >= 15 is 0 Å². The van der Waals surface area contributed by atoms with Gasteiger partial charge in [0.2, 0.25) is 0 Å². The Morgan fingerprint density at radius 2 is 2.04 bits per heavy atom. The van der Waals surface area contributed by atoms with Gasteiger partial charge in [0.15, 0.2) is 10.7 Å². The third-order valence-electron chi connectivity index (χ3n) is 5.79. The predicted octanol–water partition coefficient (Wildman–Crippen LogP) is 3.09. The Labute approximate surface area is 168 Å². The molecule has 5 rings (SSSR count). The summed E-state index contributed by atoms with van der Waals surface area (Å²) in [6.07, 6.45) is 6.27. The minimum atomic E-state index is 0.136. The number of nitrogens with zero attached hydrogens (tertiary/aromatic N) is 6. The number of pyridine rings is 1. The van der Waals surface area contributed by atoms with Crippen molar-refractivity contribution in [2.45, 2.75) is 51.2 Å². The minimum Gasteiger partial charge on any atom is -0.333 e. The van der Waals surface area contributed by atoms with Gasteiger partial charge in [-0.1, -0.05) is 0 Å². The van der Waals surface area contributed by atoms with Crippen molar-refractivity contribution < 1.29 is 9.37 Å². The number of carbonyl (C=O) groups is 1. The Bertz CT molecular complexity index is 1160. The molecule has 0 aromatic carbocycles. The second-order valence-electron chi connectivity index (χ2n) is 7.82. The predicted molar refractivity (Wildman–Crippen MR) is 110 cm³/mol. The monoisotopic (exact) mass is 395 g/mol. The Morgan fingerprint density at radius 1 is 1.36 bits per heavy atom. The summed E-state index contributed by atoms with van der Waals surface area (Å²) in [5.41, 5.74) is 3.24. The van der Waals surface area contributed by atoms with E-state index in [-0.39, 0.29) is 5.91 Å². The smallest absolute Gasteiger partial charge is 0.333 e. The molecule has 1 amide bonds. The molecule has 0 aliphatic heterocycles. The van der Waals surface area contributed by atoms with E-state index in [1.807, 2.05) is 29.3 Å². The first-order valence-electron chi connectivity index (χ1n) is 9.83. The molecule has 0 radical (unpaired) electrons. The van der Waals surface area contributed by atoms with E-state index in [0.29, 0.717) is 24.4 Å². The maximum absolute atomic E-state index is 13.5. The molecule has 2 fully saturated rings. The van der Waals surface area contributed by atoms with E-state index in [9.17, 15) is 4.79 Å². The third-order valence-corrected chi connectivity index (χ3v) is 6.06. The summed E-state index contributed by atoms with van der Waals surface area (Å²) in [7, 11) is 3.79. The first-order valence-corrected chi connectivity index (χ1v) is 10.2. The molecule has 3 heterocycles. The molecular weight excluding hydrogens is 372 g/mol. The summed E-state index contributed by atoms with van der Waals surface area (Å²) in [6.45, 7) is 2.73. The second kappa shape index (κ2) is 6.22. The van der Waals surface area contributed by atoms with Gasteiger partial charge in [0, 0.05) is 37.9 Å². The zero-order chi connectivity index (χ0) is 19.6. The lowest BCUT2D eigenvalue weighted by Gasteiger charge is -2.22. The Kier molecular flexibility index (Phi) is 3.89. The van der Waals surface area contributed by atoms with Gasteiger partial charge in [-0.15, -0.1) is 0 Å². The SMILES string of the molecule is CCn1c(C(=O)N(C2CC2)C2CC2)cc2c3c(ncn3C)c([N+](C)=C=S)nc21. The highest BCUT2D eigenvalue weighted by Crippen LogP contribution is 2.39. The maximum Gasteiger partial charge on any atom is 0.362 e. The molecule has 3 aromatic rings. The molecule has 0 atom stereocenters. The third kappa shape index (κ3) is 2.52. The van der Waals surface area contributed by atoms with Crippen molar-refractivity contribution in [1.82, 2.24) is 24.0 Å². The number of amides is 1. The fourth-order valence-electron chi connectivity index (χ4n) is 4.14. The van der Waals surface area contributed by atoms with Gasteiger partial charge in [0.1, 0.15) is 5.69 Å². The zero-order valence-corrected chi connectivity index (χ0v) is 17.2. The fourth-order valence-corrected chi connectivity index (χ4v) is 4.23. The van der Waals surface area contributed by atoms with Crippen molar-refractivity contribution in [1.29, 1.82) is 0 Å². The molecule has 3 aromatic heterocycles. The summed E-state index contributed by atoms with van der Waals surface area (Å²) in [5, 5.41) is 3.65. The summed E-state index contributed by atoms with van der Waals surface area (Å²) >= 11 is 5.00. The molecule has 8 heteroatoms. The number of thiocarbonyl (C=S) groups is 1. The average Bonchev–Trinajstić information content (AvgIpc) is 3.63. The number of fused-ring (bicyclic) bond motifs is 3. The van der Waals surface area contributed by atoms with E-state index < -0.39 is 0 Å².